The van der Waals surface area contributed by atoms with Crippen LogP contribution in [0.3, 0.4) is 0 Å². The zero-order valence-electron chi connectivity index (χ0n) is 14.2. The van der Waals surface area contributed by atoms with Crippen LogP contribution >= 0.6 is 0 Å². The Bertz CT molecular complexity index is 254. The van der Waals surface area contributed by atoms with Gasteiger partial charge in [0.25, 0.3) is 0 Å². The van der Waals surface area contributed by atoms with Gasteiger partial charge in [0.15, 0.2) is 0 Å². The quantitative estimate of drug-likeness (QED) is 0.426. The molecular formula is C18H36O2. The van der Waals surface area contributed by atoms with Crippen LogP contribution in [0.4, 0.5) is 0 Å². The number of unbranched alkanes of at least 4 members (excludes halogenated alkanes) is 3. The van der Waals surface area contributed by atoms with Crippen LogP contribution < -0.4 is 0 Å². The van der Waals surface area contributed by atoms with E-state index >= 15 is 0 Å². The topological polar surface area (TPSA) is 40.5 Å². The van der Waals surface area contributed by atoms with E-state index in [1.54, 1.807) is 0 Å². The first-order valence-electron chi connectivity index (χ1n) is 8.47. The van der Waals surface area contributed by atoms with E-state index < -0.39 is 12.2 Å². The first-order chi connectivity index (χ1) is 9.44. The second-order valence-electron chi connectivity index (χ2n) is 6.27. The summed E-state index contributed by atoms with van der Waals surface area (Å²) in [4.78, 5) is 0. The summed E-state index contributed by atoms with van der Waals surface area (Å²) in [5.74, 6) is 0.364. The average molecular weight is 284 g/mol. The molecule has 0 amide bonds. The zero-order chi connectivity index (χ0) is 15.6. The number of aliphatic hydroxyl groups excluding tert-OH is 2. The Hall–Kier alpha value is -0.340. The summed E-state index contributed by atoms with van der Waals surface area (Å²) >= 11 is 0. The highest BCUT2D eigenvalue weighted by Gasteiger charge is 2.39. The Morgan fingerprint density at radius 1 is 1.00 bits per heavy atom. The van der Waals surface area contributed by atoms with Gasteiger partial charge >= 0.3 is 0 Å². The predicted octanol–water partition coefficient (Wildman–Crippen LogP) is 4.70. The Kier molecular flexibility index (Phi) is 10.2. The van der Waals surface area contributed by atoms with Gasteiger partial charge in [0.2, 0.25) is 0 Å². The van der Waals surface area contributed by atoms with E-state index in [0.29, 0.717) is 5.92 Å². The minimum absolute atomic E-state index is 0.357. The Balaban J connectivity index is 4.38. The molecule has 0 aliphatic carbocycles. The van der Waals surface area contributed by atoms with Crippen molar-refractivity contribution in [1.82, 2.24) is 0 Å². The minimum Gasteiger partial charge on any atom is -0.393 e. The molecule has 0 saturated carbocycles. The molecule has 0 aromatic carbocycles. The molecule has 0 spiro atoms. The van der Waals surface area contributed by atoms with Crippen LogP contribution in [0, 0.1) is 11.3 Å². The first-order valence-corrected chi connectivity index (χ1v) is 8.47. The van der Waals surface area contributed by atoms with E-state index in [1.165, 1.54) is 19.3 Å². The normalized spacial score (nSPS) is 17.4. The molecule has 0 aliphatic rings. The second kappa shape index (κ2) is 10.4. The van der Waals surface area contributed by atoms with E-state index in [1.807, 2.05) is 6.92 Å². The Morgan fingerprint density at radius 2 is 1.60 bits per heavy atom. The molecule has 0 rings (SSSR count). The molecule has 120 valence electrons. The van der Waals surface area contributed by atoms with Gasteiger partial charge in [-0.25, -0.2) is 0 Å². The summed E-state index contributed by atoms with van der Waals surface area (Å²) in [7, 11) is 0. The van der Waals surface area contributed by atoms with Gasteiger partial charge in [-0.1, -0.05) is 52.7 Å². The molecule has 0 heterocycles. The maximum Gasteiger partial charge on any atom is 0.0626 e. The lowest BCUT2D eigenvalue weighted by molar-refractivity contribution is -0.0744. The van der Waals surface area contributed by atoms with Crippen LogP contribution in [0.1, 0.15) is 79.6 Å². The Labute approximate surface area is 126 Å². The van der Waals surface area contributed by atoms with Gasteiger partial charge in [-0.15, -0.1) is 0 Å². The monoisotopic (exact) mass is 284 g/mol. The van der Waals surface area contributed by atoms with Gasteiger partial charge in [-0.2, -0.15) is 0 Å². The van der Waals surface area contributed by atoms with E-state index in [4.69, 9.17) is 0 Å². The Morgan fingerprint density at radius 3 is 2.05 bits per heavy atom. The fourth-order valence-electron chi connectivity index (χ4n) is 3.10. The molecule has 0 bridgehead atoms. The van der Waals surface area contributed by atoms with Crippen molar-refractivity contribution in [2.24, 2.45) is 11.3 Å². The molecule has 2 heteroatoms. The lowest BCUT2D eigenvalue weighted by Crippen LogP contribution is -2.43. The second-order valence-corrected chi connectivity index (χ2v) is 6.27. The lowest BCUT2D eigenvalue weighted by atomic mass is 9.70. The van der Waals surface area contributed by atoms with Crippen molar-refractivity contribution in [3.05, 3.63) is 12.2 Å². The third-order valence-corrected chi connectivity index (χ3v) is 4.85. The fourth-order valence-corrected chi connectivity index (χ4v) is 3.10. The smallest absolute Gasteiger partial charge is 0.0626 e. The maximum absolute atomic E-state index is 10.5. The number of rotatable bonds is 11. The summed E-state index contributed by atoms with van der Waals surface area (Å²) in [5, 5.41) is 20.6. The van der Waals surface area contributed by atoms with Gasteiger partial charge in [0.05, 0.1) is 12.2 Å². The molecule has 0 aromatic rings. The van der Waals surface area contributed by atoms with Crippen molar-refractivity contribution >= 4 is 0 Å². The molecule has 0 saturated heterocycles. The third-order valence-electron chi connectivity index (χ3n) is 4.85. The summed E-state index contributed by atoms with van der Waals surface area (Å²) in [6.45, 7) is 10.3. The van der Waals surface area contributed by atoms with E-state index in [-0.39, 0.29) is 5.41 Å². The molecule has 3 atom stereocenters. The molecule has 2 nitrogen and oxygen atoms in total. The van der Waals surface area contributed by atoms with Crippen molar-refractivity contribution in [3.63, 3.8) is 0 Å². The molecular weight excluding hydrogens is 248 g/mol. The maximum atomic E-state index is 10.5. The summed E-state index contributed by atoms with van der Waals surface area (Å²) in [6.07, 6.45) is 10.9. The molecule has 0 fully saturated rings. The summed E-state index contributed by atoms with van der Waals surface area (Å²) < 4.78 is 0. The van der Waals surface area contributed by atoms with Crippen LogP contribution in [0.2, 0.25) is 0 Å². The standard InChI is InChI=1S/C18H36O2/c1-6-9-10-11-12-13-15(4)14-17(20)18(7-2,8-3)16(5)19/h12-13,15-17,19-20H,6-11,14H2,1-5H3. The van der Waals surface area contributed by atoms with Crippen LogP contribution in [-0.2, 0) is 0 Å². The molecule has 0 radical (unpaired) electrons. The number of hydrogen-bond acceptors (Lipinski definition) is 2. The van der Waals surface area contributed by atoms with E-state index in [2.05, 4.69) is 39.8 Å². The van der Waals surface area contributed by atoms with Crippen molar-refractivity contribution in [3.8, 4) is 0 Å². The summed E-state index contributed by atoms with van der Waals surface area (Å²) in [5.41, 5.74) is -0.357. The number of aliphatic hydroxyl groups is 2. The van der Waals surface area contributed by atoms with Gasteiger partial charge in [0.1, 0.15) is 0 Å². The zero-order valence-corrected chi connectivity index (χ0v) is 14.2. The average Bonchev–Trinajstić information content (AvgIpc) is 2.40. The molecule has 0 aromatic heterocycles. The molecule has 2 N–H and O–H groups in total. The van der Waals surface area contributed by atoms with Gasteiger partial charge < -0.3 is 10.2 Å². The molecule has 3 unspecified atom stereocenters. The third kappa shape index (κ3) is 5.97. The lowest BCUT2D eigenvalue weighted by Gasteiger charge is -2.40. The van der Waals surface area contributed by atoms with Gasteiger partial charge in [0, 0.05) is 5.41 Å². The minimum atomic E-state index is -0.465. The summed E-state index contributed by atoms with van der Waals surface area (Å²) in [6, 6.07) is 0. The van der Waals surface area contributed by atoms with Crippen molar-refractivity contribution in [1.29, 1.82) is 0 Å². The highest BCUT2D eigenvalue weighted by molar-refractivity contribution is 4.93. The van der Waals surface area contributed by atoms with Crippen LogP contribution in [-0.4, -0.2) is 22.4 Å². The SMILES string of the molecule is CCCCCC=CC(C)CC(O)C(CC)(CC)C(C)O. The van der Waals surface area contributed by atoms with E-state index in [9.17, 15) is 10.2 Å². The first kappa shape index (κ1) is 19.7. The largest absolute Gasteiger partial charge is 0.393 e. The highest BCUT2D eigenvalue weighted by Crippen LogP contribution is 2.37. The highest BCUT2D eigenvalue weighted by atomic mass is 16.3. The molecule has 0 aliphatic heterocycles. The van der Waals surface area contributed by atoms with Crippen molar-refractivity contribution in [2.45, 2.75) is 91.8 Å². The fraction of sp³-hybridized carbons (Fsp3) is 0.889. The number of hydrogen-bond donors (Lipinski definition) is 2. The van der Waals surface area contributed by atoms with Crippen molar-refractivity contribution in [2.75, 3.05) is 0 Å². The predicted molar refractivity (Wildman–Crippen MR) is 87.8 cm³/mol. The van der Waals surface area contributed by atoms with Gasteiger partial charge in [-0.05, 0) is 44.9 Å². The van der Waals surface area contributed by atoms with E-state index in [0.717, 1.165) is 25.7 Å². The molecule has 20 heavy (non-hydrogen) atoms. The van der Waals surface area contributed by atoms with Crippen LogP contribution in [0.15, 0.2) is 12.2 Å². The van der Waals surface area contributed by atoms with Gasteiger partial charge in [-0.3, -0.25) is 0 Å². The number of allylic oxidation sites excluding steroid dienone is 2. The van der Waals surface area contributed by atoms with Crippen LogP contribution in [0.5, 0.6) is 0 Å². The van der Waals surface area contributed by atoms with Crippen LogP contribution in [0.25, 0.3) is 0 Å². The van der Waals surface area contributed by atoms with Crippen molar-refractivity contribution < 1.29 is 10.2 Å².